The maximum atomic E-state index is 12.0. The Labute approximate surface area is 109 Å². The lowest BCUT2D eigenvalue weighted by atomic mass is 10.0. The second kappa shape index (κ2) is 8.08. The number of nitrogens with two attached hydrogens (primary N) is 1. The minimum Gasteiger partial charge on any atom is -0.356 e. The lowest BCUT2D eigenvalue weighted by Gasteiger charge is -2.35. The van der Waals surface area contributed by atoms with Crippen LogP contribution in [0.4, 0.5) is 0 Å². The number of likely N-dealkylation sites (tertiary alicyclic amines) is 1. The average molecular weight is 255 g/mol. The minimum atomic E-state index is -0.0356. The molecule has 0 saturated carbocycles. The van der Waals surface area contributed by atoms with E-state index in [1.54, 1.807) is 0 Å². The Morgan fingerprint density at radius 1 is 1.33 bits per heavy atom. The Bertz CT molecular complexity index is 281. The van der Waals surface area contributed by atoms with E-state index in [4.69, 9.17) is 5.73 Å². The predicted molar refractivity (Wildman–Crippen MR) is 70.9 cm³/mol. The molecule has 1 fully saturated rings. The average Bonchev–Trinajstić information content (AvgIpc) is 2.42. The smallest absolute Gasteiger partial charge is 0.223 e. The van der Waals surface area contributed by atoms with Gasteiger partial charge in [-0.1, -0.05) is 6.92 Å². The molecular weight excluding hydrogens is 230 g/mol. The highest BCUT2D eigenvalue weighted by molar-refractivity contribution is 5.83. The highest BCUT2D eigenvalue weighted by Gasteiger charge is 2.25. The van der Waals surface area contributed by atoms with Crippen LogP contribution in [-0.2, 0) is 9.59 Å². The molecule has 18 heavy (non-hydrogen) atoms. The number of piperidine rings is 1. The van der Waals surface area contributed by atoms with Gasteiger partial charge >= 0.3 is 0 Å². The third kappa shape index (κ3) is 4.64. The molecule has 0 aromatic carbocycles. The highest BCUT2D eigenvalue weighted by atomic mass is 16.2. The topological polar surface area (TPSA) is 75.4 Å². The van der Waals surface area contributed by atoms with Crippen LogP contribution < -0.4 is 11.1 Å². The van der Waals surface area contributed by atoms with Crippen molar-refractivity contribution in [3.05, 3.63) is 0 Å². The lowest BCUT2D eigenvalue weighted by molar-refractivity contribution is -0.136. The summed E-state index contributed by atoms with van der Waals surface area (Å²) < 4.78 is 0. The summed E-state index contributed by atoms with van der Waals surface area (Å²) in [5, 5.41) is 2.78. The molecule has 1 heterocycles. The fourth-order valence-electron chi connectivity index (χ4n) is 2.29. The van der Waals surface area contributed by atoms with E-state index in [-0.39, 0.29) is 24.3 Å². The molecule has 0 bridgehead atoms. The standard InChI is InChI=1S/C13H25N3O2/c1-2-8-15-12(17)6-7-13(18)16-9-4-3-5-11(16)10-14/h11H,2-10,14H2,1H3,(H,15,17). The first-order chi connectivity index (χ1) is 8.69. The van der Waals surface area contributed by atoms with E-state index < -0.39 is 0 Å². The molecule has 5 heteroatoms. The summed E-state index contributed by atoms with van der Waals surface area (Å²) in [7, 11) is 0. The van der Waals surface area contributed by atoms with Crippen molar-refractivity contribution in [3.63, 3.8) is 0 Å². The largest absolute Gasteiger partial charge is 0.356 e. The van der Waals surface area contributed by atoms with Crippen LogP contribution in [0.15, 0.2) is 0 Å². The Kier molecular flexibility index (Phi) is 6.72. The third-order valence-electron chi connectivity index (χ3n) is 3.36. The number of nitrogens with zero attached hydrogens (tertiary/aromatic N) is 1. The first kappa shape index (κ1) is 15.0. The van der Waals surface area contributed by atoms with Gasteiger partial charge in [-0.2, -0.15) is 0 Å². The molecule has 1 aliphatic heterocycles. The van der Waals surface area contributed by atoms with Crippen molar-refractivity contribution in [3.8, 4) is 0 Å². The van der Waals surface area contributed by atoms with Crippen molar-refractivity contribution >= 4 is 11.8 Å². The van der Waals surface area contributed by atoms with Gasteiger partial charge in [0.05, 0.1) is 0 Å². The lowest BCUT2D eigenvalue weighted by Crippen LogP contribution is -2.47. The molecule has 0 spiro atoms. The Hall–Kier alpha value is -1.10. The van der Waals surface area contributed by atoms with Crippen LogP contribution in [0.1, 0.15) is 45.4 Å². The van der Waals surface area contributed by atoms with E-state index in [0.29, 0.717) is 19.5 Å². The summed E-state index contributed by atoms with van der Waals surface area (Å²) in [5.41, 5.74) is 5.68. The number of carbonyl (C=O) groups excluding carboxylic acids is 2. The minimum absolute atomic E-state index is 0.0356. The quantitative estimate of drug-likeness (QED) is 0.731. The third-order valence-corrected chi connectivity index (χ3v) is 3.36. The van der Waals surface area contributed by atoms with Crippen molar-refractivity contribution in [2.75, 3.05) is 19.6 Å². The summed E-state index contributed by atoms with van der Waals surface area (Å²) in [5.74, 6) is 0.0308. The van der Waals surface area contributed by atoms with Crippen LogP contribution in [0.2, 0.25) is 0 Å². The first-order valence-electron chi connectivity index (χ1n) is 6.95. The van der Waals surface area contributed by atoms with Crippen LogP contribution in [0.3, 0.4) is 0 Å². The summed E-state index contributed by atoms with van der Waals surface area (Å²) in [4.78, 5) is 25.3. The van der Waals surface area contributed by atoms with Gasteiger partial charge in [0.2, 0.25) is 11.8 Å². The molecule has 1 saturated heterocycles. The molecular formula is C13H25N3O2. The molecule has 0 aromatic rings. The van der Waals surface area contributed by atoms with Crippen LogP contribution in [0, 0.1) is 0 Å². The summed E-state index contributed by atoms with van der Waals surface area (Å²) in [6.07, 6.45) is 4.68. The van der Waals surface area contributed by atoms with Gasteiger partial charge in [0.15, 0.2) is 0 Å². The van der Waals surface area contributed by atoms with Crippen molar-refractivity contribution in [2.24, 2.45) is 5.73 Å². The second-order valence-electron chi connectivity index (χ2n) is 4.82. The molecule has 0 aliphatic carbocycles. The Balaban J connectivity index is 2.32. The van der Waals surface area contributed by atoms with Gasteiger partial charge in [0, 0.05) is 38.5 Å². The van der Waals surface area contributed by atoms with E-state index >= 15 is 0 Å². The fourth-order valence-corrected chi connectivity index (χ4v) is 2.29. The Morgan fingerprint density at radius 2 is 2.11 bits per heavy atom. The molecule has 0 radical (unpaired) electrons. The molecule has 0 aromatic heterocycles. The van der Waals surface area contributed by atoms with Gasteiger partial charge in [-0.05, 0) is 25.7 Å². The number of hydrogen-bond donors (Lipinski definition) is 2. The highest BCUT2D eigenvalue weighted by Crippen LogP contribution is 2.17. The number of amides is 2. The molecule has 104 valence electrons. The van der Waals surface area contributed by atoms with Gasteiger partial charge in [0.25, 0.3) is 0 Å². The van der Waals surface area contributed by atoms with Crippen LogP contribution >= 0.6 is 0 Å². The monoisotopic (exact) mass is 255 g/mol. The first-order valence-corrected chi connectivity index (χ1v) is 6.95. The van der Waals surface area contributed by atoms with E-state index in [1.165, 1.54) is 0 Å². The van der Waals surface area contributed by atoms with Gasteiger partial charge < -0.3 is 16.0 Å². The van der Waals surface area contributed by atoms with Gasteiger partial charge in [-0.3, -0.25) is 9.59 Å². The molecule has 5 nitrogen and oxygen atoms in total. The number of carbonyl (C=O) groups is 2. The second-order valence-corrected chi connectivity index (χ2v) is 4.82. The maximum Gasteiger partial charge on any atom is 0.223 e. The van der Waals surface area contributed by atoms with Crippen molar-refractivity contribution in [1.82, 2.24) is 10.2 Å². The molecule has 3 N–H and O–H groups in total. The van der Waals surface area contributed by atoms with E-state index in [2.05, 4.69) is 5.32 Å². The van der Waals surface area contributed by atoms with Crippen molar-refractivity contribution < 1.29 is 9.59 Å². The molecule has 1 atom stereocenters. The molecule has 2 amide bonds. The predicted octanol–water partition coefficient (Wildman–Crippen LogP) is 0.633. The molecule has 1 aliphatic rings. The van der Waals surface area contributed by atoms with E-state index in [9.17, 15) is 9.59 Å². The fraction of sp³-hybridized carbons (Fsp3) is 0.846. The van der Waals surface area contributed by atoms with Gasteiger partial charge in [-0.25, -0.2) is 0 Å². The van der Waals surface area contributed by atoms with Crippen LogP contribution in [0.5, 0.6) is 0 Å². The molecule has 1 unspecified atom stereocenters. The van der Waals surface area contributed by atoms with E-state index in [0.717, 1.165) is 32.2 Å². The number of nitrogens with one attached hydrogen (secondary N) is 1. The normalized spacial score (nSPS) is 19.7. The van der Waals surface area contributed by atoms with Gasteiger partial charge in [0.1, 0.15) is 0 Å². The SMILES string of the molecule is CCCNC(=O)CCC(=O)N1CCCCC1CN. The van der Waals surface area contributed by atoms with Gasteiger partial charge in [-0.15, -0.1) is 0 Å². The number of rotatable bonds is 6. The number of hydrogen-bond acceptors (Lipinski definition) is 3. The van der Waals surface area contributed by atoms with E-state index in [1.807, 2.05) is 11.8 Å². The zero-order chi connectivity index (χ0) is 13.4. The summed E-state index contributed by atoms with van der Waals surface area (Å²) in [6, 6.07) is 0.171. The molecule has 1 rings (SSSR count). The van der Waals surface area contributed by atoms with Crippen molar-refractivity contribution in [1.29, 1.82) is 0 Å². The van der Waals surface area contributed by atoms with Crippen molar-refractivity contribution in [2.45, 2.75) is 51.5 Å². The Morgan fingerprint density at radius 3 is 2.78 bits per heavy atom. The zero-order valence-electron chi connectivity index (χ0n) is 11.3. The maximum absolute atomic E-state index is 12.0. The summed E-state index contributed by atoms with van der Waals surface area (Å²) in [6.45, 7) is 4.00. The summed E-state index contributed by atoms with van der Waals surface area (Å²) >= 11 is 0. The zero-order valence-corrected chi connectivity index (χ0v) is 11.3. The van der Waals surface area contributed by atoms with Crippen LogP contribution in [-0.4, -0.2) is 42.4 Å². The van der Waals surface area contributed by atoms with Crippen LogP contribution in [0.25, 0.3) is 0 Å².